The first-order valence-electron chi connectivity index (χ1n) is 10.2. The molecule has 1 aromatic carbocycles. The van der Waals surface area contributed by atoms with Crippen LogP contribution in [0.25, 0.3) is 23.8 Å². The van der Waals surface area contributed by atoms with Crippen LogP contribution in [-0.2, 0) is 16.1 Å². The number of esters is 1. The molecule has 0 spiro atoms. The normalized spacial score (nSPS) is 14.3. The highest BCUT2D eigenvalue weighted by Crippen LogP contribution is 2.33. The molecule has 3 heterocycles. The first kappa shape index (κ1) is 21.2. The Bertz CT molecular complexity index is 1230. The quantitative estimate of drug-likeness (QED) is 0.592. The van der Waals surface area contributed by atoms with Gasteiger partial charge < -0.3 is 9.84 Å². The second-order valence-corrected chi connectivity index (χ2v) is 8.34. The van der Waals surface area contributed by atoms with E-state index in [0.717, 1.165) is 22.4 Å². The maximum absolute atomic E-state index is 12.5. The van der Waals surface area contributed by atoms with Crippen LogP contribution in [0.2, 0.25) is 0 Å². The highest BCUT2D eigenvalue weighted by Gasteiger charge is 2.22. The molecule has 162 valence electrons. The lowest BCUT2D eigenvalue weighted by Crippen LogP contribution is -2.26. The number of aromatic hydroxyl groups is 1. The van der Waals surface area contributed by atoms with E-state index in [1.54, 1.807) is 51.5 Å². The summed E-state index contributed by atoms with van der Waals surface area (Å²) in [5.74, 6) is -0.147. The summed E-state index contributed by atoms with van der Waals surface area (Å²) in [6.45, 7) is 5.24. The fourth-order valence-electron chi connectivity index (χ4n) is 3.31. The smallest absolute Gasteiger partial charge is 0.326 e. The standard InChI is InChI=1S/C25H24N4O3/c1-25(2,3)32-23(30)16-29-22(9-8-17-10-12-26-13-11-17)28-21(24(29)31)14-18-15-27-20-7-5-4-6-19(18)20/h4-15,31H,16H2,1-3H3/b9-8+,18-14+. The molecule has 4 rings (SSSR count). The molecule has 7 nitrogen and oxygen atoms in total. The lowest BCUT2D eigenvalue weighted by atomic mass is 10.1. The predicted octanol–water partition coefficient (Wildman–Crippen LogP) is 4.75. The Morgan fingerprint density at radius 1 is 1.12 bits per heavy atom. The van der Waals surface area contributed by atoms with E-state index in [1.165, 1.54) is 4.57 Å². The fraction of sp³-hybridized carbons (Fsp3) is 0.200. The molecule has 3 aromatic rings. The number of rotatable bonds is 5. The van der Waals surface area contributed by atoms with Crippen LogP contribution in [0, 0.1) is 0 Å². The van der Waals surface area contributed by atoms with Gasteiger partial charge in [0.1, 0.15) is 23.7 Å². The van der Waals surface area contributed by atoms with E-state index >= 15 is 0 Å². The molecule has 7 heteroatoms. The average Bonchev–Trinajstić information content (AvgIpc) is 3.28. The van der Waals surface area contributed by atoms with E-state index in [9.17, 15) is 9.90 Å². The van der Waals surface area contributed by atoms with E-state index in [0.29, 0.717) is 11.5 Å². The molecule has 0 radical (unpaired) electrons. The van der Waals surface area contributed by atoms with Gasteiger partial charge in [-0.25, -0.2) is 4.98 Å². The molecule has 0 unspecified atom stereocenters. The topological polar surface area (TPSA) is 89.6 Å². The van der Waals surface area contributed by atoms with Crippen LogP contribution in [-0.4, -0.2) is 37.4 Å². The van der Waals surface area contributed by atoms with Gasteiger partial charge in [0.15, 0.2) is 0 Å². The van der Waals surface area contributed by atoms with Crippen molar-refractivity contribution in [1.82, 2.24) is 14.5 Å². The Morgan fingerprint density at radius 3 is 2.62 bits per heavy atom. The number of hydrogen-bond donors (Lipinski definition) is 1. The number of ether oxygens (including phenoxy) is 1. The summed E-state index contributed by atoms with van der Waals surface area (Å²) in [5.41, 5.74) is 3.30. The molecular formula is C25H24N4O3. The van der Waals surface area contributed by atoms with E-state index in [-0.39, 0.29) is 12.4 Å². The number of nitrogens with zero attached hydrogens (tertiary/aromatic N) is 4. The minimum atomic E-state index is -0.630. The Labute approximate surface area is 186 Å². The molecule has 0 atom stereocenters. The molecule has 0 amide bonds. The number of fused-ring (bicyclic) bond motifs is 1. The second-order valence-electron chi connectivity index (χ2n) is 8.34. The summed E-state index contributed by atoms with van der Waals surface area (Å²) >= 11 is 0. The molecule has 32 heavy (non-hydrogen) atoms. The minimum Gasteiger partial charge on any atom is -0.493 e. The third-order valence-corrected chi connectivity index (χ3v) is 4.68. The van der Waals surface area contributed by atoms with Gasteiger partial charge in [-0.2, -0.15) is 0 Å². The van der Waals surface area contributed by atoms with Crippen molar-refractivity contribution in [1.29, 1.82) is 0 Å². The van der Waals surface area contributed by atoms with Gasteiger partial charge in [0.25, 0.3) is 0 Å². The maximum Gasteiger partial charge on any atom is 0.326 e. The molecule has 0 saturated carbocycles. The highest BCUT2D eigenvalue weighted by molar-refractivity contribution is 6.21. The number of benzene rings is 1. The predicted molar refractivity (Wildman–Crippen MR) is 125 cm³/mol. The van der Waals surface area contributed by atoms with Crippen molar-refractivity contribution >= 4 is 41.7 Å². The Morgan fingerprint density at radius 2 is 1.88 bits per heavy atom. The summed E-state index contributed by atoms with van der Waals surface area (Å²) in [5, 5.41) is 10.9. The fourth-order valence-corrected chi connectivity index (χ4v) is 3.31. The number of aliphatic imine (C=N–C) groups is 1. The molecule has 0 saturated heterocycles. The summed E-state index contributed by atoms with van der Waals surface area (Å²) in [7, 11) is 0. The van der Waals surface area contributed by atoms with Crippen molar-refractivity contribution in [3.8, 4) is 5.88 Å². The van der Waals surface area contributed by atoms with Gasteiger partial charge in [0.2, 0.25) is 5.88 Å². The summed E-state index contributed by atoms with van der Waals surface area (Å²) in [6, 6.07) is 11.5. The van der Waals surface area contributed by atoms with E-state index in [4.69, 9.17) is 4.74 Å². The number of aromatic nitrogens is 3. The van der Waals surface area contributed by atoms with Crippen LogP contribution in [0.15, 0.2) is 53.8 Å². The van der Waals surface area contributed by atoms with Gasteiger partial charge in [-0.1, -0.05) is 24.3 Å². The van der Waals surface area contributed by atoms with Crippen molar-refractivity contribution in [2.75, 3.05) is 0 Å². The van der Waals surface area contributed by atoms with Crippen LogP contribution >= 0.6 is 0 Å². The van der Waals surface area contributed by atoms with Crippen LogP contribution in [0.3, 0.4) is 0 Å². The number of para-hydroxylation sites is 1. The summed E-state index contributed by atoms with van der Waals surface area (Å²) in [6.07, 6.45) is 10.5. The maximum atomic E-state index is 12.5. The molecule has 1 N–H and O–H groups in total. The Kier molecular flexibility index (Phi) is 5.73. The number of hydrogen-bond acceptors (Lipinski definition) is 6. The van der Waals surface area contributed by atoms with Crippen molar-refractivity contribution < 1.29 is 14.6 Å². The number of imidazole rings is 1. The summed E-state index contributed by atoms with van der Waals surface area (Å²) < 4.78 is 6.88. The molecule has 1 aliphatic heterocycles. The first-order valence-corrected chi connectivity index (χ1v) is 10.2. The zero-order valence-corrected chi connectivity index (χ0v) is 18.2. The number of allylic oxidation sites excluding steroid dienone is 1. The largest absolute Gasteiger partial charge is 0.493 e. The van der Waals surface area contributed by atoms with Crippen LogP contribution < -0.4 is 0 Å². The number of carbonyl (C=O) groups is 1. The summed E-state index contributed by atoms with van der Waals surface area (Å²) in [4.78, 5) is 25.5. The van der Waals surface area contributed by atoms with Crippen molar-refractivity contribution in [2.24, 2.45) is 4.99 Å². The van der Waals surface area contributed by atoms with E-state index in [1.807, 2.05) is 42.5 Å². The van der Waals surface area contributed by atoms with E-state index < -0.39 is 11.6 Å². The Balaban J connectivity index is 1.71. The van der Waals surface area contributed by atoms with Crippen LogP contribution in [0.5, 0.6) is 5.88 Å². The lowest BCUT2D eigenvalue weighted by Gasteiger charge is -2.20. The van der Waals surface area contributed by atoms with Crippen molar-refractivity contribution in [3.63, 3.8) is 0 Å². The molecule has 0 fully saturated rings. The van der Waals surface area contributed by atoms with Gasteiger partial charge in [0.05, 0.1) is 5.69 Å². The lowest BCUT2D eigenvalue weighted by molar-refractivity contribution is -0.155. The molecule has 2 aromatic heterocycles. The van der Waals surface area contributed by atoms with E-state index in [2.05, 4.69) is 15.0 Å². The number of carbonyl (C=O) groups excluding carboxylic acids is 1. The minimum absolute atomic E-state index is 0.115. The zero-order valence-electron chi connectivity index (χ0n) is 18.2. The van der Waals surface area contributed by atoms with Gasteiger partial charge in [-0.05, 0) is 56.7 Å². The number of pyridine rings is 1. The van der Waals surface area contributed by atoms with Gasteiger partial charge >= 0.3 is 5.97 Å². The second kappa shape index (κ2) is 8.63. The monoisotopic (exact) mass is 428 g/mol. The highest BCUT2D eigenvalue weighted by atomic mass is 16.6. The van der Waals surface area contributed by atoms with Crippen LogP contribution in [0.4, 0.5) is 5.69 Å². The zero-order chi connectivity index (χ0) is 22.7. The van der Waals surface area contributed by atoms with Crippen molar-refractivity contribution in [2.45, 2.75) is 32.9 Å². The van der Waals surface area contributed by atoms with Crippen molar-refractivity contribution in [3.05, 3.63) is 71.4 Å². The van der Waals surface area contributed by atoms with Gasteiger partial charge in [-0.15, -0.1) is 0 Å². The third-order valence-electron chi connectivity index (χ3n) is 4.68. The average molecular weight is 428 g/mol. The van der Waals surface area contributed by atoms with Gasteiger partial charge in [-0.3, -0.25) is 19.3 Å². The molecule has 0 bridgehead atoms. The molecular weight excluding hydrogens is 404 g/mol. The van der Waals surface area contributed by atoms with Gasteiger partial charge in [0, 0.05) is 29.7 Å². The van der Waals surface area contributed by atoms with Crippen LogP contribution in [0.1, 0.15) is 43.4 Å². The Hall–Kier alpha value is -4.00. The molecule has 1 aliphatic rings. The third kappa shape index (κ3) is 4.83. The first-order chi connectivity index (χ1) is 15.3. The molecule has 0 aliphatic carbocycles. The SMILES string of the molecule is CC(C)(C)OC(=O)Cn1c(/C=C/c2ccncc2)nc(/C=C2\C=Nc3ccccc32)c1O.